The molecule has 1 aliphatic rings. The molecule has 1 aliphatic heterocycles. The number of Topliss-reactive ketones (excluding diaryl/α,β-unsaturated/α-hetero) is 1. The Balaban J connectivity index is 2.49. The van der Waals surface area contributed by atoms with Gasteiger partial charge in [-0.25, -0.2) is 4.39 Å². The van der Waals surface area contributed by atoms with E-state index in [1.165, 1.54) is 13.0 Å². The van der Waals surface area contributed by atoms with Crippen molar-refractivity contribution >= 4 is 5.78 Å². The summed E-state index contributed by atoms with van der Waals surface area (Å²) in [6.45, 7) is 5.33. The van der Waals surface area contributed by atoms with Crippen LogP contribution in [0, 0.1) is 5.82 Å². The molecule has 0 amide bonds. The summed E-state index contributed by atoms with van der Waals surface area (Å²) in [6.07, 6.45) is 1.38. The molecule has 1 heterocycles. The number of halogens is 1. The van der Waals surface area contributed by atoms with Gasteiger partial charge in [-0.1, -0.05) is 0 Å². The summed E-state index contributed by atoms with van der Waals surface area (Å²) < 4.78 is 19.6. The molecule has 1 aromatic rings. The molecular weight excluding hydrogens is 207 g/mol. The number of benzene rings is 1. The molecule has 3 heteroatoms. The maximum atomic E-state index is 14.0. The summed E-state index contributed by atoms with van der Waals surface area (Å²) in [5.41, 5.74) is 0.436. The van der Waals surface area contributed by atoms with Gasteiger partial charge in [0.25, 0.3) is 0 Å². The third-order valence-electron chi connectivity index (χ3n) is 2.94. The lowest BCUT2D eigenvalue weighted by Gasteiger charge is -2.32. The van der Waals surface area contributed by atoms with Gasteiger partial charge in [-0.2, -0.15) is 0 Å². The van der Waals surface area contributed by atoms with Gasteiger partial charge in [0.15, 0.2) is 5.78 Å². The lowest BCUT2D eigenvalue weighted by molar-refractivity contribution is 0.0830. The second kappa shape index (κ2) is 3.58. The summed E-state index contributed by atoms with van der Waals surface area (Å²) >= 11 is 0. The fourth-order valence-corrected chi connectivity index (χ4v) is 1.98. The second-order valence-corrected chi connectivity index (χ2v) is 4.82. The zero-order valence-corrected chi connectivity index (χ0v) is 9.76. The Morgan fingerprint density at radius 3 is 2.75 bits per heavy atom. The Labute approximate surface area is 94.4 Å². The predicted molar refractivity (Wildman–Crippen MR) is 59.4 cm³/mol. The zero-order chi connectivity index (χ0) is 11.9. The smallest absolute Gasteiger partial charge is 0.162 e. The molecule has 2 rings (SSSR count). The molecule has 0 aromatic heterocycles. The lowest BCUT2D eigenvalue weighted by atomic mass is 9.92. The minimum Gasteiger partial charge on any atom is -0.487 e. The fraction of sp³-hybridized carbons (Fsp3) is 0.462. The minimum absolute atomic E-state index is 0.155. The average Bonchev–Trinajstić information content (AvgIpc) is 2.15. The number of hydrogen-bond donors (Lipinski definition) is 0. The van der Waals surface area contributed by atoms with Crippen molar-refractivity contribution in [2.24, 2.45) is 0 Å². The van der Waals surface area contributed by atoms with Crippen LogP contribution < -0.4 is 4.74 Å². The average molecular weight is 222 g/mol. The normalized spacial score (nSPS) is 17.5. The van der Waals surface area contributed by atoms with E-state index >= 15 is 0 Å². The van der Waals surface area contributed by atoms with E-state index in [1.807, 2.05) is 13.8 Å². The van der Waals surface area contributed by atoms with Crippen LogP contribution >= 0.6 is 0 Å². The van der Waals surface area contributed by atoms with Crippen LogP contribution in [0.15, 0.2) is 12.1 Å². The molecule has 0 atom stereocenters. The van der Waals surface area contributed by atoms with Crippen molar-refractivity contribution in [3.05, 3.63) is 29.1 Å². The second-order valence-electron chi connectivity index (χ2n) is 4.82. The number of carbonyl (C=O) groups is 1. The Hall–Kier alpha value is -1.38. The molecule has 0 spiro atoms. The zero-order valence-electron chi connectivity index (χ0n) is 9.76. The van der Waals surface area contributed by atoms with Crippen LogP contribution in [0.3, 0.4) is 0 Å². The van der Waals surface area contributed by atoms with Gasteiger partial charge in [-0.05, 0) is 45.7 Å². The van der Waals surface area contributed by atoms with E-state index in [-0.39, 0.29) is 16.9 Å². The molecule has 0 unspecified atom stereocenters. The Bertz CT molecular complexity index is 449. The first kappa shape index (κ1) is 11.1. The van der Waals surface area contributed by atoms with Crippen LogP contribution in [0.25, 0.3) is 0 Å². The topological polar surface area (TPSA) is 26.3 Å². The fourth-order valence-electron chi connectivity index (χ4n) is 1.98. The Morgan fingerprint density at radius 2 is 2.12 bits per heavy atom. The van der Waals surface area contributed by atoms with Gasteiger partial charge in [0.1, 0.15) is 17.2 Å². The van der Waals surface area contributed by atoms with Gasteiger partial charge in [-0.15, -0.1) is 0 Å². The summed E-state index contributed by atoms with van der Waals surface area (Å²) in [7, 11) is 0. The van der Waals surface area contributed by atoms with Crippen molar-refractivity contribution < 1.29 is 13.9 Å². The molecule has 0 fully saturated rings. The predicted octanol–water partition coefficient (Wildman–Crippen LogP) is 3.13. The highest BCUT2D eigenvalue weighted by Gasteiger charge is 2.29. The van der Waals surface area contributed by atoms with Gasteiger partial charge < -0.3 is 4.74 Å². The molecule has 2 nitrogen and oxygen atoms in total. The first-order chi connectivity index (χ1) is 7.41. The maximum absolute atomic E-state index is 14.0. The maximum Gasteiger partial charge on any atom is 0.162 e. The molecule has 16 heavy (non-hydrogen) atoms. The van der Waals surface area contributed by atoms with E-state index in [2.05, 4.69) is 0 Å². The lowest BCUT2D eigenvalue weighted by Crippen LogP contribution is -2.33. The van der Waals surface area contributed by atoms with E-state index in [1.54, 1.807) is 6.07 Å². The van der Waals surface area contributed by atoms with Gasteiger partial charge in [0.05, 0.1) is 5.56 Å². The molecule has 0 bridgehead atoms. The van der Waals surface area contributed by atoms with E-state index in [9.17, 15) is 9.18 Å². The third-order valence-corrected chi connectivity index (χ3v) is 2.94. The highest BCUT2D eigenvalue weighted by atomic mass is 19.1. The molecule has 0 radical (unpaired) electrons. The molecule has 0 aliphatic carbocycles. The summed E-state index contributed by atoms with van der Waals surface area (Å²) in [5, 5.41) is 0. The standard InChI is InChI=1S/C13H15FO2/c1-8(15)9-4-5-11-10(12(9)14)6-7-13(2,3)16-11/h4-5H,6-7H2,1-3H3. The van der Waals surface area contributed by atoms with E-state index in [0.717, 1.165) is 6.42 Å². The van der Waals surface area contributed by atoms with Crippen molar-refractivity contribution in [1.29, 1.82) is 0 Å². The van der Waals surface area contributed by atoms with Gasteiger partial charge >= 0.3 is 0 Å². The summed E-state index contributed by atoms with van der Waals surface area (Å²) in [5.74, 6) is -0.0932. The highest BCUT2D eigenvalue weighted by molar-refractivity contribution is 5.94. The van der Waals surface area contributed by atoms with E-state index in [0.29, 0.717) is 17.7 Å². The molecule has 86 valence electrons. The van der Waals surface area contributed by atoms with Crippen LogP contribution in [0.1, 0.15) is 43.1 Å². The number of carbonyl (C=O) groups excluding carboxylic acids is 1. The summed E-state index contributed by atoms with van der Waals surface area (Å²) in [6, 6.07) is 3.19. The van der Waals surface area contributed by atoms with Crippen molar-refractivity contribution in [2.45, 2.75) is 39.2 Å². The molecular formula is C13H15FO2. The minimum atomic E-state index is -0.416. The number of hydrogen-bond acceptors (Lipinski definition) is 2. The number of ketones is 1. The number of ether oxygens (including phenoxy) is 1. The monoisotopic (exact) mass is 222 g/mol. The van der Waals surface area contributed by atoms with Crippen molar-refractivity contribution in [3.8, 4) is 5.75 Å². The van der Waals surface area contributed by atoms with Crippen molar-refractivity contribution in [1.82, 2.24) is 0 Å². The molecule has 0 N–H and O–H groups in total. The largest absolute Gasteiger partial charge is 0.487 e. The van der Waals surface area contributed by atoms with Crippen molar-refractivity contribution in [3.63, 3.8) is 0 Å². The van der Waals surface area contributed by atoms with Crippen LogP contribution in [0.4, 0.5) is 4.39 Å². The number of rotatable bonds is 1. The third kappa shape index (κ3) is 1.82. The van der Waals surface area contributed by atoms with Crippen LogP contribution in [-0.2, 0) is 6.42 Å². The van der Waals surface area contributed by atoms with Gasteiger partial charge in [-0.3, -0.25) is 4.79 Å². The van der Waals surface area contributed by atoms with E-state index in [4.69, 9.17) is 4.74 Å². The quantitative estimate of drug-likeness (QED) is 0.682. The number of fused-ring (bicyclic) bond motifs is 1. The molecule has 0 saturated heterocycles. The van der Waals surface area contributed by atoms with Crippen LogP contribution in [-0.4, -0.2) is 11.4 Å². The molecule has 0 saturated carbocycles. The Kier molecular flexibility index (Phi) is 2.49. The van der Waals surface area contributed by atoms with Gasteiger partial charge in [0, 0.05) is 5.56 Å². The first-order valence-corrected chi connectivity index (χ1v) is 5.42. The SMILES string of the molecule is CC(=O)c1ccc2c(c1F)CCC(C)(C)O2. The molecule has 1 aromatic carbocycles. The highest BCUT2D eigenvalue weighted by Crippen LogP contribution is 2.35. The Morgan fingerprint density at radius 1 is 1.44 bits per heavy atom. The van der Waals surface area contributed by atoms with Crippen LogP contribution in [0.2, 0.25) is 0 Å². The van der Waals surface area contributed by atoms with Crippen molar-refractivity contribution in [2.75, 3.05) is 0 Å². The van der Waals surface area contributed by atoms with Gasteiger partial charge in [0.2, 0.25) is 0 Å². The summed E-state index contributed by atoms with van der Waals surface area (Å²) in [4.78, 5) is 11.2. The van der Waals surface area contributed by atoms with Crippen LogP contribution in [0.5, 0.6) is 5.75 Å². The first-order valence-electron chi connectivity index (χ1n) is 5.42. The van der Waals surface area contributed by atoms with E-state index < -0.39 is 5.82 Å².